The van der Waals surface area contributed by atoms with E-state index in [1.807, 2.05) is 36.4 Å². The van der Waals surface area contributed by atoms with Crippen LogP contribution in [0.2, 0.25) is 0 Å². The molecule has 3 rings (SSSR count). The van der Waals surface area contributed by atoms with Gasteiger partial charge in [-0.3, -0.25) is 9.78 Å². The molecule has 0 aliphatic carbocycles. The number of hydrogen-bond donors (Lipinski definition) is 1. The highest BCUT2D eigenvalue weighted by Gasteiger charge is 2.19. The normalized spacial score (nSPS) is 11.4. The molecule has 0 aliphatic rings. The van der Waals surface area contributed by atoms with Gasteiger partial charge in [-0.25, -0.2) is 12.7 Å². The van der Waals surface area contributed by atoms with Crippen molar-refractivity contribution >= 4 is 21.6 Å². The summed E-state index contributed by atoms with van der Waals surface area (Å²) in [6.45, 7) is 0. The molecule has 0 radical (unpaired) electrons. The number of aromatic nitrogens is 1. The van der Waals surface area contributed by atoms with Crippen LogP contribution in [0.4, 0.5) is 5.69 Å². The van der Waals surface area contributed by atoms with Gasteiger partial charge in [0.15, 0.2) is 0 Å². The fourth-order valence-corrected chi connectivity index (χ4v) is 4.19. The van der Waals surface area contributed by atoms with E-state index in [1.165, 1.54) is 32.8 Å². The fourth-order valence-electron chi connectivity index (χ4n) is 3.24. The number of benzene rings is 2. The maximum absolute atomic E-state index is 12.5. The monoisotopic (exact) mass is 453 g/mol. The van der Waals surface area contributed by atoms with Crippen molar-refractivity contribution < 1.29 is 17.9 Å². The molecular weight excluding hydrogens is 426 g/mol. The van der Waals surface area contributed by atoms with Gasteiger partial charge in [0.2, 0.25) is 15.9 Å². The van der Waals surface area contributed by atoms with Crippen LogP contribution in [0.1, 0.15) is 23.1 Å². The van der Waals surface area contributed by atoms with Crippen LogP contribution in [0.25, 0.3) is 0 Å². The Balaban J connectivity index is 1.62. The molecule has 0 aliphatic heterocycles. The number of carbonyl (C=O) groups is 1. The fraction of sp³-hybridized carbons (Fsp3) is 0.250. The molecule has 7 nitrogen and oxygen atoms in total. The molecule has 0 unspecified atom stereocenters. The third kappa shape index (κ3) is 5.93. The van der Waals surface area contributed by atoms with Gasteiger partial charge in [0.1, 0.15) is 5.75 Å². The third-order valence-electron chi connectivity index (χ3n) is 5.05. The van der Waals surface area contributed by atoms with Crippen molar-refractivity contribution in [1.82, 2.24) is 9.29 Å². The molecule has 3 aromatic rings. The lowest BCUT2D eigenvalue weighted by Gasteiger charge is -2.14. The zero-order valence-electron chi connectivity index (χ0n) is 18.4. The number of anilines is 1. The first kappa shape index (κ1) is 23.4. The van der Waals surface area contributed by atoms with Crippen LogP contribution in [-0.4, -0.2) is 44.8 Å². The van der Waals surface area contributed by atoms with Crippen LogP contribution < -0.4 is 10.1 Å². The minimum Gasteiger partial charge on any atom is -0.496 e. The Kier molecular flexibility index (Phi) is 7.61. The predicted octanol–water partition coefficient (Wildman–Crippen LogP) is 3.50. The Morgan fingerprint density at radius 2 is 1.66 bits per heavy atom. The number of hydrogen-bond acceptors (Lipinski definition) is 5. The van der Waals surface area contributed by atoms with Crippen LogP contribution in [0.15, 0.2) is 71.9 Å². The zero-order chi connectivity index (χ0) is 23.1. The molecule has 0 fully saturated rings. The van der Waals surface area contributed by atoms with Gasteiger partial charge in [0, 0.05) is 38.6 Å². The number of ether oxygens (including phenoxy) is 1. The largest absolute Gasteiger partial charge is 0.496 e. The summed E-state index contributed by atoms with van der Waals surface area (Å²) in [4.78, 5) is 16.7. The van der Waals surface area contributed by atoms with Gasteiger partial charge in [-0.05, 0) is 72.0 Å². The van der Waals surface area contributed by atoms with Crippen molar-refractivity contribution in [3.05, 3.63) is 83.7 Å². The van der Waals surface area contributed by atoms with Crippen molar-refractivity contribution in [2.45, 2.75) is 24.2 Å². The van der Waals surface area contributed by atoms with E-state index in [0.29, 0.717) is 23.4 Å². The molecule has 0 spiro atoms. The summed E-state index contributed by atoms with van der Waals surface area (Å²) < 4.78 is 31.3. The third-order valence-corrected chi connectivity index (χ3v) is 6.86. The van der Waals surface area contributed by atoms with Crippen LogP contribution in [-0.2, 0) is 27.7 Å². The number of aryl methyl sites for hydroxylation is 1. The minimum absolute atomic E-state index is 0.158. The Morgan fingerprint density at radius 1 is 1.00 bits per heavy atom. The summed E-state index contributed by atoms with van der Waals surface area (Å²) in [7, 11) is 0.918. The van der Waals surface area contributed by atoms with Crippen LogP contribution in [0.5, 0.6) is 5.75 Å². The number of carbonyl (C=O) groups excluding carboxylic acids is 1. The van der Waals surface area contributed by atoms with E-state index in [2.05, 4.69) is 10.3 Å². The van der Waals surface area contributed by atoms with Gasteiger partial charge in [-0.1, -0.05) is 12.1 Å². The first-order valence-corrected chi connectivity index (χ1v) is 11.6. The molecule has 0 saturated carbocycles. The summed E-state index contributed by atoms with van der Waals surface area (Å²) >= 11 is 0. The van der Waals surface area contributed by atoms with Gasteiger partial charge in [0.05, 0.1) is 12.0 Å². The topological polar surface area (TPSA) is 88.6 Å². The maximum atomic E-state index is 12.5. The minimum atomic E-state index is -3.56. The van der Waals surface area contributed by atoms with Crippen LogP contribution in [0.3, 0.4) is 0 Å². The maximum Gasteiger partial charge on any atom is 0.242 e. The number of amides is 1. The number of nitrogens with zero attached hydrogens (tertiary/aromatic N) is 2. The molecule has 1 heterocycles. The lowest BCUT2D eigenvalue weighted by atomic mass is 10.1. The molecule has 8 heteroatoms. The van der Waals surface area contributed by atoms with Crippen molar-refractivity contribution in [1.29, 1.82) is 0 Å². The van der Waals surface area contributed by atoms with Gasteiger partial charge < -0.3 is 10.1 Å². The van der Waals surface area contributed by atoms with Crippen molar-refractivity contribution in [3.63, 3.8) is 0 Å². The van der Waals surface area contributed by atoms with E-state index in [0.717, 1.165) is 16.3 Å². The van der Waals surface area contributed by atoms with E-state index < -0.39 is 10.0 Å². The second-order valence-electron chi connectivity index (χ2n) is 7.54. The predicted molar refractivity (Wildman–Crippen MR) is 124 cm³/mol. The number of rotatable bonds is 9. The highest BCUT2D eigenvalue weighted by molar-refractivity contribution is 7.89. The molecule has 168 valence electrons. The summed E-state index contributed by atoms with van der Waals surface area (Å²) in [6.07, 6.45) is 4.88. The SMILES string of the molecule is COc1ccc(S(=O)(=O)N(C)C)cc1CCC(=O)Nc1ccc(Cc2ccncc2)cc1. The Hall–Kier alpha value is -3.23. The summed E-state index contributed by atoms with van der Waals surface area (Å²) in [6, 6.07) is 16.3. The Morgan fingerprint density at radius 3 is 2.28 bits per heavy atom. The smallest absolute Gasteiger partial charge is 0.242 e. The molecule has 1 aromatic heterocycles. The average Bonchev–Trinajstić information content (AvgIpc) is 2.79. The molecule has 0 atom stereocenters. The second-order valence-corrected chi connectivity index (χ2v) is 9.69. The number of sulfonamides is 1. The molecule has 2 aromatic carbocycles. The first-order chi connectivity index (χ1) is 15.3. The Bertz CT molecular complexity index is 1160. The quantitative estimate of drug-likeness (QED) is 0.536. The lowest BCUT2D eigenvalue weighted by Crippen LogP contribution is -2.22. The average molecular weight is 454 g/mol. The Labute approximate surface area is 189 Å². The molecule has 32 heavy (non-hydrogen) atoms. The summed E-state index contributed by atoms with van der Waals surface area (Å²) in [5, 5.41) is 2.89. The number of pyridine rings is 1. The van der Waals surface area contributed by atoms with E-state index in [-0.39, 0.29) is 17.2 Å². The van der Waals surface area contributed by atoms with Crippen LogP contribution >= 0.6 is 0 Å². The molecular formula is C24H27N3O4S. The van der Waals surface area contributed by atoms with Gasteiger partial charge in [-0.15, -0.1) is 0 Å². The molecule has 1 N–H and O–H groups in total. The summed E-state index contributed by atoms with van der Waals surface area (Å²) in [5.74, 6) is 0.394. The zero-order valence-corrected chi connectivity index (χ0v) is 19.2. The van der Waals surface area contributed by atoms with Crippen molar-refractivity contribution in [2.24, 2.45) is 0 Å². The molecule has 1 amide bonds. The van der Waals surface area contributed by atoms with E-state index >= 15 is 0 Å². The second kappa shape index (κ2) is 10.4. The van der Waals surface area contributed by atoms with E-state index in [9.17, 15) is 13.2 Å². The van der Waals surface area contributed by atoms with Gasteiger partial charge in [0.25, 0.3) is 0 Å². The van der Waals surface area contributed by atoms with E-state index in [4.69, 9.17) is 4.74 Å². The lowest BCUT2D eigenvalue weighted by molar-refractivity contribution is -0.116. The highest BCUT2D eigenvalue weighted by atomic mass is 32.2. The first-order valence-electron chi connectivity index (χ1n) is 10.2. The van der Waals surface area contributed by atoms with Crippen LogP contribution in [0, 0.1) is 0 Å². The van der Waals surface area contributed by atoms with Crippen molar-refractivity contribution in [3.8, 4) is 5.75 Å². The van der Waals surface area contributed by atoms with E-state index in [1.54, 1.807) is 24.5 Å². The number of nitrogens with one attached hydrogen (secondary N) is 1. The number of methoxy groups -OCH3 is 1. The molecule has 0 saturated heterocycles. The standard InChI is InChI=1S/C24H27N3O4S/c1-27(2)32(29,30)22-9-10-23(31-3)20(17-22)6-11-24(28)26-21-7-4-18(5-8-21)16-19-12-14-25-15-13-19/h4-5,7-10,12-15,17H,6,11,16H2,1-3H3,(H,26,28). The molecule has 0 bridgehead atoms. The highest BCUT2D eigenvalue weighted by Crippen LogP contribution is 2.25. The van der Waals surface area contributed by atoms with Crippen molar-refractivity contribution in [2.75, 3.05) is 26.5 Å². The summed E-state index contributed by atoms with van der Waals surface area (Å²) in [5.41, 5.74) is 3.68. The van der Waals surface area contributed by atoms with Gasteiger partial charge >= 0.3 is 0 Å². The van der Waals surface area contributed by atoms with Gasteiger partial charge in [-0.2, -0.15) is 0 Å².